The van der Waals surface area contributed by atoms with Gasteiger partial charge >= 0.3 is 0 Å². The Balaban J connectivity index is 1.14. The van der Waals surface area contributed by atoms with Gasteiger partial charge < -0.3 is 0 Å². The van der Waals surface area contributed by atoms with Gasteiger partial charge in [-0.2, -0.15) is 0 Å². The second kappa shape index (κ2) is 13.0. The summed E-state index contributed by atoms with van der Waals surface area (Å²) >= 11 is 0. The average Bonchev–Trinajstić information content (AvgIpc) is 3.19. The van der Waals surface area contributed by atoms with Crippen LogP contribution in [0, 0.1) is 0 Å². The van der Waals surface area contributed by atoms with Gasteiger partial charge in [0.15, 0.2) is 17.5 Å². The highest BCUT2D eigenvalue weighted by molar-refractivity contribution is 5.77. The smallest absolute Gasteiger partial charge is 0.164 e. The fourth-order valence-corrected chi connectivity index (χ4v) is 5.74. The summed E-state index contributed by atoms with van der Waals surface area (Å²) in [7, 11) is 0. The maximum atomic E-state index is 5.00. The molecule has 5 heteroatoms. The third-order valence-corrected chi connectivity index (χ3v) is 8.26. The first-order chi connectivity index (χ1) is 23.8. The van der Waals surface area contributed by atoms with Crippen molar-refractivity contribution in [2.24, 2.45) is 0 Å². The van der Waals surface area contributed by atoms with Crippen LogP contribution in [-0.2, 0) is 0 Å². The lowest BCUT2D eigenvalue weighted by molar-refractivity contribution is 1.07. The van der Waals surface area contributed by atoms with E-state index < -0.39 is 0 Å². The molecule has 0 saturated carbocycles. The number of hydrogen-bond donors (Lipinski definition) is 0. The van der Waals surface area contributed by atoms with E-state index in [2.05, 4.69) is 113 Å². The summed E-state index contributed by atoms with van der Waals surface area (Å²) in [6.07, 6.45) is 3.69. The average molecular weight is 616 g/mol. The van der Waals surface area contributed by atoms with Gasteiger partial charge in [-0.1, -0.05) is 133 Å². The summed E-state index contributed by atoms with van der Waals surface area (Å²) in [5.74, 6) is 1.89. The van der Waals surface area contributed by atoms with Gasteiger partial charge in [0.2, 0.25) is 0 Å². The predicted octanol–water partition coefficient (Wildman–Crippen LogP) is 10.3. The van der Waals surface area contributed by atoms with Gasteiger partial charge in [-0.25, -0.2) is 15.0 Å². The van der Waals surface area contributed by atoms with Crippen molar-refractivity contribution in [3.8, 4) is 78.9 Å². The summed E-state index contributed by atoms with van der Waals surface area (Å²) < 4.78 is 0. The molecule has 0 fully saturated rings. The standard InChI is InChI=1S/C43H29N5/c1-3-11-30(12-4-1)31-20-22-33(23-21-31)42-46-41(32-13-5-2-6-14-32)47-43(48-42)37-18-10-16-35(28-37)34-15-9-17-36(27-34)38-24-25-40(45-29-38)39-19-7-8-26-44-39/h1-29H. The molecule has 226 valence electrons. The van der Waals surface area contributed by atoms with Gasteiger partial charge in [0.05, 0.1) is 11.4 Å². The molecule has 0 aliphatic heterocycles. The van der Waals surface area contributed by atoms with E-state index in [0.717, 1.165) is 55.9 Å². The zero-order valence-electron chi connectivity index (χ0n) is 26.0. The SMILES string of the molecule is c1ccc(-c2ccc(-c3nc(-c4ccccc4)nc(-c4cccc(-c5cccc(-c6ccc(-c7ccccn7)nc6)c5)c4)n3)cc2)cc1. The molecule has 0 N–H and O–H groups in total. The Morgan fingerprint density at radius 1 is 0.271 bits per heavy atom. The van der Waals surface area contributed by atoms with Crippen LogP contribution in [0.1, 0.15) is 0 Å². The summed E-state index contributed by atoms with van der Waals surface area (Å²) in [5, 5.41) is 0. The number of nitrogens with zero attached hydrogens (tertiary/aromatic N) is 5. The minimum absolute atomic E-state index is 0.623. The number of hydrogen-bond acceptors (Lipinski definition) is 5. The lowest BCUT2D eigenvalue weighted by Crippen LogP contribution is -2.00. The molecule has 0 aliphatic carbocycles. The van der Waals surface area contributed by atoms with E-state index in [0.29, 0.717) is 17.5 Å². The highest BCUT2D eigenvalue weighted by Gasteiger charge is 2.14. The first-order valence-corrected chi connectivity index (χ1v) is 15.8. The maximum Gasteiger partial charge on any atom is 0.164 e. The van der Waals surface area contributed by atoms with Gasteiger partial charge in [0.25, 0.3) is 0 Å². The molecule has 0 saturated heterocycles. The van der Waals surface area contributed by atoms with E-state index in [9.17, 15) is 0 Å². The highest BCUT2D eigenvalue weighted by atomic mass is 15.0. The van der Waals surface area contributed by atoms with E-state index in [4.69, 9.17) is 15.0 Å². The van der Waals surface area contributed by atoms with Crippen molar-refractivity contribution in [1.29, 1.82) is 0 Å². The van der Waals surface area contributed by atoms with Crippen molar-refractivity contribution in [2.45, 2.75) is 0 Å². The Morgan fingerprint density at radius 3 is 1.31 bits per heavy atom. The molecule has 3 heterocycles. The first-order valence-electron chi connectivity index (χ1n) is 15.8. The predicted molar refractivity (Wildman–Crippen MR) is 193 cm³/mol. The van der Waals surface area contributed by atoms with Gasteiger partial charge in [-0.15, -0.1) is 0 Å². The Morgan fingerprint density at radius 2 is 0.708 bits per heavy atom. The molecule has 8 rings (SSSR count). The number of benzene rings is 5. The van der Waals surface area contributed by atoms with Crippen molar-refractivity contribution in [2.75, 3.05) is 0 Å². The minimum Gasteiger partial charge on any atom is -0.255 e. The van der Waals surface area contributed by atoms with Gasteiger partial charge in [0.1, 0.15) is 0 Å². The minimum atomic E-state index is 0.623. The molecule has 5 aromatic carbocycles. The second-order valence-electron chi connectivity index (χ2n) is 11.4. The van der Waals surface area contributed by atoms with Crippen LogP contribution in [-0.4, -0.2) is 24.9 Å². The summed E-state index contributed by atoms with van der Waals surface area (Å²) in [4.78, 5) is 24.0. The van der Waals surface area contributed by atoms with E-state index in [-0.39, 0.29) is 0 Å². The molecule has 0 spiro atoms. The molecule has 5 nitrogen and oxygen atoms in total. The van der Waals surface area contributed by atoms with E-state index in [1.54, 1.807) is 6.20 Å². The molecule has 0 radical (unpaired) electrons. The first kappa shape index (κ1) is 28.9. The topological polar surface area (TPSA) is 64.5 Å². The van der Waals surface area contributed by atoms with E-state index in [1.165, 1.54) is 5.56 Å². The molecule has 0 unspecified atom stereocenters. The molecule has 0 atom stereocenters. The van der Waals surface area contributed by atoms with Crippen molar-refractivity contribution in [3.05, 3.63) is 176 Å². The van der Waals surface area contributed by atoms with Crippen LogP contribution in [0.5, 0.6) is 0 Å². The van der Waals surface area contributed by atoms with Gasteiger partial charge in [-0.05, 0) is 58.1 Å². The van der Waals surface area contributed by atoms with Gasteiger partial charge in [-0.3, -0.25) is 9.97 Å². The molecular weight excluding hydrogens is 587 g/mol. The van der Waals surface area contributed by atoms with Crippen LogP contribution in [0.2, 0.25) is 0 Å². The zero-order chi connectivity index (χ0) is 32.1. The second-order valence-corrected chi connectivity index (χ2v) is 11.4. The summed E-state index contributed by atoms with van der Waals surface area (Å²) in [6.45, 7) is 0. The zero-order valence-corrected chi connectivity index (χ0v) is 26.0. The summed E-state index contributed by atoms with van der Waals surface area (Å²) in [5.41, 5.74) is 11.1. The van der Waals surface area contributed by atoms with Crippen LogP contribution in [0.4, 0.5) is 0 Å². The van der Waals surface area contributed by atoms with E-state index >= 15 is 0 Å². The Bertz CT molecular complexity index is 2300. The molecule has 0 aliphatic rings. The van der Waals surface area contributed by atoms with E-state index in [1.807, 2.05) is 66.9 Å². The quantitative estimate of drug-likeness (QED) is 0.178. The largest absolute Gasteiger partial charge is 0.255 e. The molecule has 0 amide bonds. The van der Waals surface area contributed by atoms with Crippen LogP contribution < -0.4 is 0 Å². The Hall–Kier alpha value is -6.59. The molecular formula is C43H29N5. The van der Waals surface area contributed by atoms with Crippen molar-refractivity contribution >= 4 is 0 Å². The fraction of sp³-hybridized carbons (Fsp3) is 0. The lowest BCUT2D eigenvalue weighted by atomic mass is 9.98. The molecule has 8 aromatic rings. The number of rotatable bonds is 7. The normalized spacial score (nSPS) is 10.9. The lowest BCUT2D eigenvalue weighted by Gasteiger charge is -2.11. The molecule has 3 aromatic heterocycles. The third-order valence-electron chi connectivity index (χ3n) is 8.26. The van der Waals surface area contributed by atoms with Gasteiger partial charge in [0, 0.05) is 34.6 Å². The van der Waals surface area contributed by atoms with Crippen molar-refractivity contribution in [1.82, 2.24) is 24.9 Å². The van der Waals surface area contributed by atoms with Crippen LogP contribution in [0.25, 0.3) is 78.9 Å². The highest BCUT2D eigenvalue weighted by Crippen LogP contribution is 2.31. The molecule has 48 heavy (non-hydrogen) atoms. The summed E-state index contributed by atoms with van der Waals surface area (Å²) in [6, 6.07) is 55.7. The Kier molecular flexibility index (Phi) is 7.83. The van der Waals surface area contributed by atoms with Crippen molar-refractivity contribution in [3.63, 3.8) is 0 Å². The number of aromatic nitrogens is 5. The Labute approximate surface area is 279 Å². The maximum absolute atomic E-state index is 5.00. The van der Waals surface area contributed by atoms with Crippen LogP contribution in [0.15, 0.2) is 176 Å². The van der Waals surface area contributed by atoms with Crippen LogP contribution >= 0.6 is 0 Å². The third kappa shape index (κ3) is 6.13. The van der Waals surface area contributed by atoms with Crippen molar-refractivity contribution < 1.29 is 0 Å². The number of pyridine rings is 2. The molecule has 0 bridgehead atoms. The monoisotopic (exact) mass is 615 g/mol. The fourth-order valence-electron chi connectivity index (χ4n) is 5.74. The van der Waals surface area contributed by atoms with Crippen LogP contribution in [0.3, 0.4) is 0 Å².